The molecule has 1 saturated heterocycles. The van der Waals surface area contributed by atoms with Crippen LogP contribution in [0.3, 0.4) is 0 Å². The van der Waals surface area contributed by atoms with Gasteiger partial charge in [-0.05, 0) is 42.0 Å². The summed E-state index contributed by atoms with van der Waals surface area (Å²) in [7, 11) is -3.61. The molecule has 0 aromatic heterocycles. The number of benzene rings is 1. The lowest BCUT2D eigenvalue weighted by atomic mass is 9.83. The van der Waals surface area contributed by atoms with Gasteiger partial charge in [0, 0.05) is 24.8 Å². The number of ether oxygens (including phenoxy) is 1. The quantitative estimate of drug-likeness (QED) is 0.863. The Bertz CT molecular complexity index is 597. The Morgan fingerprint density at radius 2 is 2.05 bits per heavy atom. The van der Waals surface area contributed by atoms with E-state index in [1.165, 1.54) is 18.2 Å². The SMILES string of the molecule is CC1(CNS(=O)(=O)c2ccc(Cl)c(CO)c2)CCOCC1. The molecule has 21 heavy (non-hydrogen) atoms. The second kappa shape index (κ2) is 6.62. The standard InChI is InChI=1S/C14H20ClNO4S/c1-14(4-6-20-7-5-14)10-16-21(18,19)12-2-3-13(15)11(8-12)9-17/h2-3,8,16-17H,4-7,9-10H2,1H3. The van der Waals surface area contributed by atoms with E-state index in [4.69, 9.17) is 21.4 Å². The van der Waals surface area contributed by atoms with E-state index in [0.29, 0.717) is 30.3 Å². The molecule has 1 heterocycles. The summed E-state index contributed by atoms with van der Waals surface area (Å²) in [4.78, 5) is 0.117. The highest BCUT2D eigenvalue weighted by Gasteiger charge is 2.29. The van der Waals surface area contributed by atoms with Crippen LogP contribution in [0, 0.1) is 5.41 Å². The van der Waals surface area contributed by atoms with E-state index in [0.717, 1.165) is 12.8 Å². The lowest BCUT2D eigenvalue weighted by Gasteiger charge is -2.33. The molecule has 0 bridgehead atoms. The Labute approximate surface area is 130 Å². The van der Waals surface area contributed by atoms with Gasteiger partial charge in [-0.15, -0.1) is 0 Å². The van der Waals surface area contributed by atoms with Crippen LogP contribution in [-0.4, -0.2) is 33.3 Å². The van der Waals surface area contributed by atoms with Crippen molar-refractivity contribution in [3.63, 3.8) is 0 Å². The molecule has 1 aliphatic rings. The Morgan fingerprint density at radius 3 is 2.67 bits per heavy atom. The van der Waals surface area contributed by atoms with Gasteiger partial charge >= 0.3 is 0 Å². The zero-order chi connectivity index (χ0) is 15.5. The van der Waals surface area contributed by atoms with E-state index < -0.39 is 10.0 Å². The molecule has 1 aromatic carbocycles. The van der Waals surface area contributed by atoms with Crippen LogP contribution < -0.4 is 4.72 Å². The zero-order valence-electron chi connectivity index (χ0n) is 11.9. The van der Waals surface area contributed by atoms with Gasteiger partial charge in [0.05, 0.1) is 11.5 Å². The van der Waals surface area contributed by atoms with Crippen LogP contribution in [0.2, 0.25) is 5.02 Å². The summed E-state index contributed by atoms with van der Waals surface area (Å²) in [6, 6.07) is 4.32. The van der Waals surface area contributed by atoms with Crippen molar-refractivity contribution >= 4 is 21.6 Å². The molecule has 1 aliphatic heterocycles. The third kappa shape index (κ3) is 4.17. The van der Waals surface area contributed by atoms with Crippen molar-refractivity contribution in [2.75, 3.05) is 19.8 Å². The second-order valence-corrected chi connectivity index (χ2v) is 7.83. The molecule has 0 atom stereocenters. The zero-order valence-corrected chi connectivity index (χ0v) is 13.5. The van der Waals surface area contributed by atoms with E-state index in [-0.39, 0.29) is 16.9 Å². The van der Waals surface area contributed by atoms with Crippen LogP contribution in [0.1, 0.15) is 25.3 Å². The monoisotopic (exact) mass is 333 g/mol. The van der Waals surface area contributed by atoms with E-state index in [2.05, 4.69) is 11.6 Å². The van der Waals surface area contributed by atoms with Crippen molar-refractivity contribution in [2.45, 2.75) is 31.3 Å². The van der Waals surface area contributed by atoms with Crippen LogP contribution in [0.25, 0.3) is 0 Å². The Morgan fingerprint density at radius 1 is 1.38 bits per heavy atom. The normalized spacial score (nSPS) is 18.6. The van der Waals surface area contributed by atoms with Gasteiger partial charge in [-0.1, -0.05) is 18.5 Å². The van der Waals surface area contributed by atoms with Gasteiger partial charge < -0.3 is 9.84 Å². The summed E-state index contributed by atoms with van der Waals surface area (Å²) in [5.74, 6) is 0. The summed E-state index contributed by atoms with van der Waals surface area (Å²) < 4.78 is 32.6. The highest BCUT2D eigenvalue weighted by Crippen LogP contribution is 2.29. The van der Waals surface area contributed by atoms with Crippen molar-refractivity contribution in [1.82, 2.24) is 4.72 Å². The average molecular weight is 334 g/mol. The van der Waals surface area contributed by atoms with E-state index >= 15 is 0 Å². The maximum Gasteiger partial charge on any atom is 0.240 e. The van der Waals surface area contributed by atoms with Crippen LogP contribution in [0.15, 0.2) is 23.1 Å². The second-order valence-electron chi connectivity index (χ2n) is 5.66. The molecular weight excluding hydrogens is 314 g/mol. The summed E-state index contributed by atoms with van der Waals surface area (Å²) in [6.07, 6.45) is 1.66. The Kier molecular flexibility index (Phi) is 5.27. The minimum atomic E-state index is -3.61. The minimum absolute atomic E-state index is 0.0858. The van der Waals surface area contributed by atoms with Crippen molar-refractivity contribution in [2.24, 2.45) is 5.41 Å². The number of hydrogen-bond donors (Lipinski definition) is 2. The summed E-state index contributed by atoms with van der Waals surface area (Å²) in [6.45, 7) is 3.45. The summed E-state index contributed by atoms with van der Waals surface area (Å²) in [5, 5.41) is 9.52. The Hall–Kier alpha value is -0.660. The van der Waals surface area contributed by atoms with Crippen LogP contribution in [0.5, 0.6) is 0 Å². The fraction of sp³-hybridized carbons (Fsp3) is 0.571. The predicted molar refractivity (Wildman–Crippen MR) is 80.7 cm³/mol. The smallest absolute Gasteiger partial charge is 0.240 e. The maximum atomic E-state index is 12.3. The van der Waals surface area contributed by atoms with Gasteiger partial charge in [0.25, 0.3) is 0 Å². The number of hydrogen-bond acceptors (Lipinski definition) is 4. The van der Waals surface area contributed by atoms with Gasteiger partial charge in [-0.2, -0.15) is 0 Å². The van der Waals surface area contributed by atoms with Crippen LogP contribution >= 0.6 is 11.6 Å². The maximum absolute atomic E-state index is 12.3. The average Bonchev–Trinajstić information content (AvgIpc) is 2.46. The van der Waals surface area contributed by atoms with Crippen molar-refractivity contribution in [3.05, 3.63) is 28.8 Å². The first-order valence-electron chi connectivity index (χ1n) is 6.83. The molecule has 1 fully saturated rings. The summed E-state index contributed by atoms with van der Waals surface area (Å²) >= 11 is 5.88. The molecule has 1 aromatic rings. The van der Waals surface area contributed by atoms with E-state index in [1.54, 1.807) is 0 Å². The largest absolute Gasteiger partial charge is 0.392 e. The fourth-order valence-corrected chi connectivity index (χ4v) is 3.66. The lowest BCUT2D eigenvalue weighted by molar-refractivity contribution is 0.0264. The predicted octanol–water partition coefficient (Wildman–Crippen LogP) is 1.93. The molecule has 0 unspecified atom stereocenters. The molecule has 0 saturated carbocycles. The third-order valence-corrected chi connectivity index (χ3v) is 5.65. The first-order chi connectivity index (χ1) is 9.86. The molecule has 5 nitrogen and oxygen atoms in total. The number of aliphatic hydroxyl groups excluding tert-OH is 1. The Balaban J connectivity index is 2.11. The number of rotatable bonds is 5. The van der Waals surface area contributed by atoms with Gasteiger partial charge in [0.1, 0.15) is 0 Å². The highest BCUT2D eigenvalue weighted by molar-refractivity contribution is 7.89. The topological polar surface area (TPSA) is 75.6 Å². The van der Waals surface area contributed by atoms with Crippen molar-refractivity contribution < 1.29 is 18.3 Å². The first-order valence-corrected chi connectivity index (χ1v) is 8.69. The van der Waals surface area contributed by atoms with E-state index in [9.17, 15) is 8.42 Å². The molecule has 0 amide bonds. The third-order valence-electron chi connectivity index (χ3n) is 3.89. The number of halogens is 1. The fourth-order valence-electron chi connectivity index (χ4n) is 2.23. The van der Waals surface area contributed by atoms with Gasteiger partial charge in [-0.25, -0.2) is 13.1 Å². The highest BCUT2D eigenvalue weighted by atomic mass is 35.5. The van der Waals surface area contributed by atoms with Gasteiger partial charge in [-0.3, -0.25) is 0 Å². The van der Waals surface area contributed by atoms with Crippen LogP contribution in [-0.2, 0) is 21.4 Å². The van der Waals surface area contributed by atoms with Gasteiger partial charge in [0.2, 0.25) is 10.0 Å². The summed E-state index contributed by atoms with van der Waals surface area (Å²) in [5.41, 5.74) is 0.314. The van der Waals surface area contributed by atoms with Crippen molar-refractivity contribution in [1.29, 1.82) is 0 Å². The van der Waals surface area contributed by atoms with Gasteiger partial charge in [0.15, 0.2) is 0 Å². The molecule has 0 radical (unpaired) electrons. The van der Waals surface area contributed by atoms with Crippen LogP contribution in [0.4, 0.5) is 0 Å². The van der Waals surface area contributed by atoms with E-state index in [1.807, 2.05) is 0 Å². The lowest BCUT2D eigenvalue weighted by Crippen LogP contribution is -2.39. The minimum Gasteiger partial charge on any atom is -0.392 e. The molecule has 2 rings (SSSR count). The molecule has 2 N–H and O–H groups in total. The molecular formula is C14H20ClNO4S. The first kappa shape index (κ1) is 16.7. The molecule has 0 aliphatic carbocycles. The van der Waals surface area contributed by atoms with Crippen molar-refractivity contribution in [3.8, 4) is 0 Å². The molecule has 7 heteroatoms. The molecule has 118 valence electrons. The number of aliphatic hydroxyl groups is 1. The number of sulfonamides is 1. The number of nitrogens with one attached hydrogen (secondary N) is 1. The molecule has 0 spiro atoms.